The van der Waals surface area contributed by atoms with Crippen LogP contribution in [0.3, 0.4) is 0 Å². The standard InChI is InChI=1S/C36H65NO6S/c1-3-5-7-9-11-13-15-16-17-18-19-20-21-23-24-26-28-30-34(38)33(32-44(41,42)43)37-36(40)35(39)31-29-27-25-22-14-12-10-8-6-4-2/h10,12,17-18,21,23,28,30,33-35,38-39H,3-9,11,13-16,19-20,22,24-27,29,31-32H2,1-2H3,(H,37,40)(H,41,42,43)/b12-10-,18-17+,23-21+,30-28+. The molecule has 0 saturated carbocycles. The van der Waals surface area contributed by atoms with E-state index in [-0.39, 0.29) is 6.42 Å². The number of nitrogens with one attached hydrogen (secondary N) is 1. The van der Waals surface area contributed by atoms with E-state index in [1.165, 1.54) is 63.9 Å². The minimum atomic E-state index is -4.45. The summed E-state index contributed by atoms with van der Waals surface area (Å²) in [6.45, 7) is 4.42. The summed E-state index contributed by atoms with van der Waals surface area (Å²) in [5, 5.41) is 23.2. The van der Waals surface area contributed by atoms with E-state index in [9.17, 15) is 28.0 Å². The van der Waals surface area contributed by atoms with E-state index in [0.29, 0.717) is 12.8 Å². The Morgan fingerprint density at radius 2 is 1.05 bits per heavy atom. The Labute approximate surface area is 270 Å². The van der Waals surface area contributed by atoms with Gasteiger partial charge in [0.05, 0.1) is 17.9 Å². The molecule has 0 fully saturated rings. The number of carbonyl (C=O) groups is 1. The molecular weight excluding hydrogens is 574 g/mol. The molecule has 0 rings (SSSR count). The number of unbranched alkanes of at least 4 members (excludes halogenated alkanes) is 15. The second kappa shape index (κ2) is 29.9. The number of aliphatic hydroxyl groups is 2. The van der Waals surface area contributed by atoms with Gasteiger partial charge in [0.25, 0.3) is 10.1 Å². The quantitative estimate of drug-likeness (QED) is 0.0355. The van der Waals surface area contributed by atoms with Crippen LogP contribution in [-0.2, 0) is 14.9 Å². The fourth-order valence-corrected chi connectivity index (χ4v) is 5.55. The second-order valence-electron chi connectivity index (χ2n) is 11.9. The number of hydrogen-bond acceptors (Lipinski definition) is 5. The Bertz CT molecular complexity index is 896. The highest BCUT2D eigenvalue weighted by Crippen LogP contribution is 2.11. The first-order valence-corrected chi connectivity index (χ1v) is 19.1. The van der Waals surface area contributed by atoms with E-state index in [1.54, 1.807) is 6.08 Å². The van der Waals surface area contributed by atoms with Gasteiger partial charge in [-0.2, -0.15) is 8.42 Å². The molecule has 0 saturated heterocycles. The molecule has 0 aromatic rings. The van der Waals surface area contributed by atoms with Crippen LogP contribution >= 0.6 is 0 Å². The normalized spacial score (nSPS) is 14.8. The number of aliphatic hydroxyl groups excluding tert-OH is 2. The van der Waals surface area contributed by atoms with Crippen molar-refractivity contribution in [3.63, 3.8) is 0 Å². The van der Waals surface area contributed by atoms with E-state index in [0.717, 1.165) is 57.8 Å². The van der Waals surface area contributed by atoms with Gasteiger partial charge in [0.2, 0.25) is 5.91 Å². The summed E-state index contributed by atoms with van der Waals surface area (Å²) >= 11 is 0. The lowest BCUT2D eigenvalue weighted by atomic mass is 10.1. The Kier molecular flexibility index (Phi) is 28.8. The van der Waals surface area contributed by atoms with Crippen LogP contribution in [0.5, 0.6) is 0 Å². The van der Waals surface area contributed by atoms with Crippen LogP contribution in [0.25, 0.3) is 0 Å². The molecule has 0 heterocycles. The predicted molar refractivity (Wildman–Crippen MR) is 185 cm³/mol. The van der Waals surface area contributed by atoms with Crippen molar-refractivity contribution >= 4 is 16.0 Å². The number of carbonyl (C=O) groups excluding carboxylic acids is 1. The summed E-state index contributed by atoms with van der Waals surface area (Å²) in [4.78, 5) is 12.5. The van der Waals surface area contributed by atoms with Gasteiger partial charge in [-0.25, -0.2) is 0 Å². The third-order valence-electron chi connectivity index (χ3n) is 7.56. The van der Waals surface area contributed by atoms with Gasteiger partial charge in [0, 0.05) is 0 Å². The fraction of sp³-hybridized carbons (Fsp3) is 0.750. The van der Waals surface area contributed by atoms with Crippen LogP contribution < -0.4 is 5.32 Å². The van der Waals surface area contributed by atoms with Crippen molar-refractivity contribution in [1.82, 2.24) is 5.32 Å². The Morgan fingerprint density at radius 1 is 0.614 bits per heavy atom. The maximum absolute atomic E-state index is 12.5. The van der Waals surface area contributed by atoms with E-state index in [4.69, 9.17) is 0 Å². The van der Waals surface area contributed by atoms with Gasteiger partial charge in [-0.05, 0) is 64.2 Å². The SMILES string of the molecule is CCCC/C=C\CCCCCCC(O)C(=O)NC(CS(=O)(=O)O)C(O)/C=C/CC/C=C/CC/C=C/CCCCCCCCC. The molecule has 1 amide bonds. The van der Waals surface area contributed by atoms with Crippen molar-refractivity contribution in [2.75, 3.05) is 5.75 Å². The molecule has 0 spiro atoms. The van der Waals surface area contributed by atoms with E-state index >= 15 is 0 Å². The van der Waals surface area contributed by atoms with Gasteiger partial charge >= 0.3 is 0 Å². The molecule has 0 radical (unpaired) electrons. The zero-order valence-electron chi connectivity index (χ0n) is 27.9. The number of allylic oxidation sites excluding steroid dienone is 7. The highest BCUT2D eigenvalue weighted by molar-refractivity contribution is 7.85. The summed E-state index contributed by atoms with van der Waals surface area (Å²) < 4.78 is 32.3. The lowest BCUT2D eigenvalue weighted by Gasteiger charge is -2.22. The van der Waals surface area contributed by atoms with E-state index in [1.807, 2.05) is 0 Å². The minimum Gasteiger partial charge on any atom is -0.387 e. The van der Waals surface area contributed by atoms with Crippen molar-refractivity contribution in [3.8, 4) is 0 Å². The van der Waals surface area contributed by atoms with Crippen molar-refractivity contribution in [2.45, 2.75) is 167 Å². The molecule has 7 nitrogen and oxygen atoms in total. The Morgan fingerprint density at radius 3 is 1.57 bits per heavy atom. The van der Waals surface area contributed by atoms with Gasteiger partial charge in [0.1, 0.15) is 6.10 Å². The summed E-state index contributed by atoms with van der Waals surface area (Å²) in [7, 11) is -4.45. The average molecular weight is 640 g/mol. The first-order valence-electron chi connectivity index (χ1n) is 17.4. The van der Waals surface area contributed by atoms with Gasteiger partial charge < -0.3 is 15.5 Å². The molecule has 4 N–H and O–H groups in total. The first-order chi connectivity index (χ1) is 21.2. The van der Waals surface area contributed by atoms with Gasteiger partial charge in [-0.3, -0.25) is 9.35 Å². The Balaban J connectivity index is 4.26. The predicted octanol–water partition coefficient (Wildman–Crippen LogP) is 8.54. The average Bonchev–Trinajstić information content (AvgIpc) is 2.98. The summed E-state index contributed by atoms with van der Waals surface area (Å²) in [5.74, 6) is -1.58. The van der Waals surface area contributed by atoms with Crippen LogP contribution in [0.1, 0.15) is 149 Å². The summed E-state index contributed by atoms with van der Waals surface area (Å²) in [6, 6.07) is -1.26. The molecule has 3 unspecified atom stereocenters. The summed E-state index contributed by atoms with van der Waals surface area (Å²) in [6.07, 6.45) is 36.0. The van der Waals surface area contributed by atoms with Crippen LogP contribution in [0.15, 0.2) is 48.6 Å². The van der Waals surface area contributed by atoms with Crippen molar-refractivity contribution in [1.29, 1.82) is 0 Å². The lowest BCUT2D eigenvalue weighted by Crippen LogP contribution is -2.50. The third kappa shape index (κ3) is 29.0. The first kappa shape index (κ1) is 42.3. The molecule has 8 heteroatoms. The highest BCUT2D eigenvalue weighted by atomic mass is 32.2. The molecule has 0 aliphatic rings. The zero-order valence-corrected chi connectivity index (χ0v) is 28.7. The van der Waals surface area contributed by atoms with Gasteiger partial charge in [-0.15, -0.1) is 0 Å². The molecule has 44 heavy (non-hydrogen) atoms. The van der Waals surface area contributed by atoms with Crippen LogP contribution in [0.2, 0.25) is 0 Å². The third-order valence-corrected chi connectivity index (χ3v) is 8.34. The smallest absolute Gasteiger partial charge is 0.267 e. The monoisotopic (exact) mass is 639 g/mol. The van der Waals surface area contributed by atoms with Crippen LogP contribution in [0.4, 0.5) is 0 Å². The van der Waals surface area contributed by atoms with Crippen LogP contribution in [-0.4, -0.2) is 53.1 Å². The van der Waals surface area contributed by atoms with Crippen molar-refractivity contribution in [3.05, 3.63) is 48.6 Å². The molecule has 3 atom stereocenters. The largest absolute Gasteiger partial charge is 0.387 e. The van der Waals surface area contributed by atoms with E-state index in [2.05, 4.69) is 55.6 Å². The Hall–Kier alpha value is -1.74. The highest BCUT2D eigenvalue weighted by Gasteiger charge is 2.27. The molecular formula is C36H65NO6S. The van der Waals surface area contributed by atoms with E-state index < -0.39 is 40.0 Å². The summed E-state index contributed by atoms with van der Waals surface area (Å²) in [5.41, 5.74) is 0. The second-order valence-corrected chi connectivity index (χ2v) is 13.4. The van der Waals surface area contributed by atoms with Crippen molar-refractivity contribution in [2.24, 2.45) is 0 Å². The number of rotatable bonds is 30. The number of amides is 1. The maximum atomic E-state index is 12.5. The van der Waals surface area contributed by atoms with Crippen LogP contribution in [0, 0.1) is 0 Å². The molecule has 0 aromatic heterocycles. The lowest BCUT2D eigenvalue weighted by molar-refractivity contribution is -0.130. The molecule has 256 valence electrons. The van der Waals surface area contributed by atoms with Crippen molar-refractivity contribution < 1.29 is 28.0 Å². The molecule has 0 bridgehead atoms. The minimum absolute atomic E-state index is 0.254. The van der Waals surface area contributed by atoms with Gasteiger partial charge in [0.15, 0.2) is 0 Å². The number of hydrogen-bond donors (Lipinski definition) is 4. The maximum Gasteiger partial charge on any atom is 0.267 e. The zero-order chi connectivity index (χ0) is 32.7. The molecule has 0 aliphatic heterocycles. The molecule has 0 aliphatic carbocycles. The molecule has 0 aromatic carbocycles. The van der Waals surface area contributed by atoms with Gasteiger partial charge in [-0.1, -0.05) is 133 Å². The topological polar surface area (TPSA) is 124 Å². The fourth-order valence-electron chi connectivity index (χ4n) is 4.82.